The van der Waals surface area contributed by atoms with Gasteiger partial charge in [-0.25, -0.2) is 0 Å². The number of imide groups is 1. The zero-order valence-corrected chi connectivity index (χ0v) is 18.1. The van der Waals surface area contributed by atoms with E-state index in [2.05, 4.69) is 10.3 Å². The molecule has 0 aliphatic carbocycles. The zero-order valence-electron chi connectivity index (χ0n) is 18.1. The van der Waals surface area contributed by atoms with Gasteiger partial charge in [0.25, 0.3) is 11.8 Å². The van der Waals surface area contributed by atoms with E-state index in [1.807, 2.05) is 47.9 Å². The molecule has 1 aliphatic rings. The minimum atomic E-state index is -0.755. The van der Waals surface area contributed by atoms with Crippen molar-refractivity contribution in [3.63, 3.8) is 0 Å². The summed E-state index contributed by atoms with van der Waals surface area (Å²) in [5, 5.41) is 14.5. The van der Waals surface area contributed by atoms with Crippen molar-refractivity contribution >= 4 is 50.5 Å². The smallest absolute Gasteiger partial charge is 0.259 e. The van der Waals surface area contributed by atoms with Crippen molar-refractivity contribution < 1.29 is 19.4 Å². The number of aliphatic hydroxyl groups excluding tert-OH is 1. The lowest BCUT2D eigenvalue weighted by molar-refractivity contribution is -0.122. The molecule has 0 saturated carbocycles. The maximum Gasteiger partial charge on any atom is 0.259 e. The van der Waals surface area contributed by atoms with E-state index >= 15 is 0 Å². The highest BCUT2D eigenvalue weighted by molar-refractivity contribution is 6.50. The summed E-state index contributed by atoms with van der Waals surface area (Å²) in [5.74, 6) is -0.905. The van der Waals surface area contributed by atoms with Gasteiger partial charge in [-0.1, -0.05) is 30.3 Å². The molecule has 3 heterocycles. The molecule has 1 unspecified atom stereocenters. The van der Waals surface area contributed by atoms with Crippen LogP contribution >= 0.6 is 0 Å². The number of hydrogen-bond acceptors (Lipinski definition) is 5. The minimum Gasteiger partial charge on any atom is -0.397 e. The third kappa shape index (κ3) is 3.49. The van der Waals surface area contributed by atoms with Gasteiger partial charge in [0.05, 0.1) is 41.6 Å². The average molecular weight is 444 g/mol. The summed E-state index contributed by atoms with van der Waals surface area (Å²) in [5.41, 5.74) is 10.2. The number of fused-ring (bicyclic) bond motifs is 2. The molecule has 0 spiro atoms. The number of rotatable bonds is 7. The number of carbonyl (C=O) groups is 2. The molecule has 0 saturated heterocycles. The zero-order chi connectivity index (χ0) is 23.1. The lowest BCUT2D eigenvalue weighted by Gasteiger charge is -2.13. The number of anilines is 1. The second-order valence-electron chi connectivity index (χ2n) is 8.03. The molecule has 5 N–H and O–H groups in total. The molecule has 33 heavy (non-hydrogen) atoms. The van der Waals surface area contributed by atoms with Crippen LogP contribution in [-0.2, 0) is 20.9 Å². The van der Waals surface area contributed by atoms with Crippen LogP contribution in [0.5, 0.6) is 0 Å². The molecule has 0 fully saturated rings. The summed E-state index contributed by atoms with van der Waals surface area (Å²) in [6, 6.07) is 13.1. The van der Waals surface area contributed by atoms with Crippen molar-refractivity contribution in [2.75, 3.05) is 18.9 Å². The number of aliphatic hydroxyl groups is 1. The molecule has 2 aromatic heterocycles. The first-order chi connectivity index (χ1) is 16.0. The Kier molecular flexibility index (Phi) is 5.24. The average Bonchev–Trinajstić information content (AvgIpc) is 3.46. The number of aromatic amines is 1. The fourth-order valence-corrected chi connectivity index (χ4v) is 4.51. The number of hydrogen-bond donors (Lipinski definition) is 4. The van der Waals surface area contributed by atoms with Crippen LogP contribution in [0.3, 0.4) is 0 Å². The molecular weight excluding hydrogens is 420 g/mol. The first kappa shape index (κ1) is 21.0. The monoisotopic (exact) mass is 444 g/mol. The number of nitrogen functional groups attached to an aromatic ring is 1. The molecule has 2 aromatic carbocycles. The van der Waals surface area contributed by atoms with Crippen molar-refractivity contribution in [1.29, 1.82) is 0 Å². The molecule has 168 valence electrons. The van der Waals surface area contributed by atoms with Gasteiger partial charge < -0.3 is 25.1 Å². The fraction of sp³-hybridized carbons (Fsp3) is 0.200. The maximum absolute atomic E-state index is 13.0. The van der Waals surface area contributed by atoms with E-state index in [1.165, 1.54) is 0 Å². The van der Waals surface area contributed by atoms with Crippen LogP contribution in [-0.4, -0.2) is 45.8 Å². The third-order valence-corrected chi connectivity index (χ3v) is 5.91. The number of nitrogens with zero attached hydrogens (tertiary/aromatic N) is 1. The Balaban J connectivity index is 1.72. The lowest BCUT2D eigenvalue weighted by atomic mass is 9.95. The predicted molar refractivity (Wildman–Crippen MR) is 127 cm³/mol. The number of H-pyrrole nitrogens is 1. The molecule has 2 amide bonds. The van der Waals surface area contributed by atoms with Crippen LogP contribution in [0.25, 0.3) is 33.0 Å². The fourth-order valence-electron chi connectivity index (χ4n) is 4.51. The summed E-state index contributed by atoms with van der Waals surface area (Å²) < 4.78 is 7.16. The Morgan fingerprint density at radius 2 is 1.76 bits per heavy atom. The SMILES string of the molecule is CCOCC(O)Cn1cc(C2=C(c3c[nH]c4ccccc34)C(=O)NC2=O)c2cccc(N)c21. The molecular formula is C25H24N4O4. The van der Waals surface area contributed by atoms with E-state index in [9.17, 15) is 14.7 Å². The molecule has 0 radical (unpaired) electrons. The molecule has 0 bridgehead atoms. The second kappa shape index (κ2) is 8.23. The summed E-state index contributed by atoms with van der Waals surface area (Å²) in [6.45, 7) is 2.78. The van der Waals surface area contributed by atoms with E-state index in [0.717, 1.165) is 16.3 Å². The highest BCUT2D eigenvalue weighted by atomic mass is 16.5. The molecule has 8 nitrogen and oxygen atoms in total. The summed E-state index contributed by atoms with van der Waals surface area (Å²) >= 11 is 0. The number of benzene rings is 2. The number of nitrogens with one attached hydrogen (secondary N) is 2. The van der Waals surface area contributed by atoms with E-state index in [0.29, 0.717) is 40.1 Å². The Morgan fingerprint density at radius 1 is 1.03 bits per heavy atom. The highest BCUT2D eigenvalue weighted by Gasteiger charge is 2.35. The van der Waals surface area contributed by atoms with E-state index in [1.54, 1.807) is 18.5 Å². The van der Waals surface area contributed by atoms with Gasteiger partial charge in [-0.15, -0.1) is 0 Å². The number of ether oxygens (including phenoxy) is 1. The van der Waals surface area contributed by atoms with Gasteiger partial charge in [0.2, 0.25) is 0 Å². The number of para-hydroxylation sites is 2. The lowest BCUT2D eigenvalue weighted by Crippen LogP contribution is -2.22. The quantitative estimate of drug-likeness (QED) is 0.258. The van der Waals surface area contributed by atoms with Crippen LogP contribution in [0.2, 0.25) is 0 Å². The Hall–Kier alpha value is -3.88. The second-order valence-corrected chi connectivity index (χ2v) is 8.03. The van der Waals surface area contributed by atoms with Crippen molar-refractivity contribution in [3.8, 4) is 0 Å². The van der Waals surface area contributed by atoms with Gasteiger partial charge in [-0.2, -0.15) is 0 Å². The van der Waals surface area contributed by atoms with Crippen molar-refractivity contribution in [3.05, 3.63) is 66.0 Å². The number of nitrogens with two attached hydrogens (primary N) is 1. The van der Waals surface area contributed by atoms with Crippen LogP contribution in [0, 0.1) is 0 Å². The molecule has 1 aliphatic heterocycles. The summed E-state index contributed by atoms with van der Waals surface area (Å²) in [7, 11) is 0. The topological polar surface area (TPSA) is 122 Å². The largest absolute Gasteiger partial charge is 0.397 e. The number of carbonyl (C=O) groups excluding carboxylic acids is 2. The van der Waals surface area contributed by atoms with Crippen molar-refractivity contribution in [1.82, 2.24) is 14.9 Å². The standard InChI is InChI=1S/C25H24N4O4/c1-2-33-13-14(30)11-29-12-18(16-7-5-8-19(26)23(16)29)22-21(24(31)28-25(22)32)17-10-27-20-9-4-3-6-15(17)20/h3-10,12,14,27,30H,2,11,13,26H2,1H3,(H,28,31,32). The van der Waals surface area contributed by atoms with E-state index in [-0.39, 0.29) is 13.2 Å². The van der Waals surface area contributed by atoms with E-state index in [4.69, 9.17) is 10.5 Å². The molecule has 5 rings (SSSR count). The van der Waals surface area contributed by atoms with Crippen LogP contribution in [0.15, 0.2) is 54.9 Å². The van der Waals surface area contributed by atoms with Gasteiger partial charge >= 0.3 is 0 Å². The normalized spacial score (nSPS) is 15.1. The number of amides is 2. The Labute approximate surface area is 189 Å². The highest BCUT2D eigenvalue weighted by Crippen LogP contribution is 2.39. The van der Waals surface area contributed by atoms with Crippen molar-refractivity contribution in [2.24, 2.45) is 0 Å². The summed E-state index contributed by atoms with van der Waals surface area (Å²) in [4.78, 5) is 29.1. The van der Waals surface area contributed by atoms with E-state index < -0.39 is 17.9 Å². The Bertz CT molecular complexity index is 1430. The van der Waals surface area contributed by atoms with Crippen LogP contribution in [0.1, 0.15) is 18.1 Å². The third-order valence-electron chi connectivity index (χ3n) is 5.91. The van der Waals surface area contributed by atoms with Gasteiger partial charge in [0, 0.05) is 46.4 Å². The van der Waals surface area contributed by atoms with Crippen LogP contribution < -0.4 is 11.1 Å². The first-order valence-corrected chi connectivity index (χ1v) is 10.8. The van der Waals surface area contributed by atoms with Crippen LogP contribution in [0.4, 0.5) is 5.69 Å². The molecule has 8 heteroatoms. The van der Waals surface area contributed by atoms with Gasteiger partial charge in [-0.05, 0) is 19.1 Å². The van der Waals surface area contributed by atoms with Crippen molar-refractivity contribution in [2.45, 2.75) is 19.6 Å². The molecule has 4 aromatic rings. The summed E-state index contributed by atoms with van der Waals surface area (Å²) in [6.07, 6.45) is 2.77. The van der Waals surface area contributed by atoms with Gasteiger partial charge in [0.1, 0.15) is 0 Å². The maximum atomic E-state index is 13.0. The molecule has 1 atom stereocenters. The minimum absolute atomic E-state index is 0.181. The first-order valence-electron chi connectivity index (χ1n) is 10.8. The van der Waals surface area contributed by atoms with Gasteiger partial charge in [0.15, 0.2) is 0 Å². The predicted octanol–water partition coefficient (Wildman–Crippen LogP) is 2.67. The number of aromatic nitrogens is 2. The Morgan fingerprint density at radius 3 is 2.55 bits per heavy atom. The van der Waals surface area contributed by atoms with Gasteiger partial charge in [-0.3, -0.25) is 14.9 Å².